The molecule has 3 aromatic carbocycles. The van der Waals surface area contributed by atoms with Crippen LogP contribution in [0.3, 0.4) is 0 Å². The SMILES string of the molecule is O=C(COc1ccc(C(=O)c2ccc(Cl)cc2)cc1)NC(Cc1ccccc1)C(=O)NC1CC1. The summed E-state index contributed by atoms with van der Waals surface area (Å²) in [6, 6.07) is 22.3. The molecule has 3 aromatic rings. The highest BCUT2D eigenvalue weighted by Gasteiger charge is 2.28. The number of nitrogens with one attached hydrogen (secondary N) is 2. The quantitative estimate of drug-likeness (QED) is 0.434. The Morgan fingerprint density at radius 2 is 1.50 bits per heavy atom. The lowest BCUT2D eigenvalue weighted by molar-refractivity contribution is -0.130. The zero-order valence-corrected chi connectivity index (χ0v) is 19.3. The van der Waals surface area contributed by atoms with Crippen molar-refractivity contribution in [1.82, 2.24) is 10.6 Å². The van der Waals surface area contributed by atoms with Crippen molar-refractivity contribution in [2.45, 2.75) is 31.3 Å². The monoisotopic (exact) mass is 476 g/mol. The second-order valence-electron chi connectivity index (χ2n) is 8.24. The summed E-state index contributed by atoms with van der Waals surface area (Å²) in [5.74, 6) is -0.269. The van der Waals surface area contributed by atoms with Gasteiger partial charge >= 0.3 is 0 Å². The maximum absolute atomic E-state index is 12.6. The summed E-state index contributed by atoms with van der Waals surface area (Å²) in [5, 5.41) is 6.30. The second kappa shape index (κ2) is 11.0. The third kappa shape index (κ3) is 6.68. The van der Waals surface area contributed by atoms with Gasteiger partial charge in [-0.3, -0.25) is 14.4 Å². The van der Waals surface area contributed by atoms with Crippen molar-refractivity contribution < 1.29 is 19.1 Å². The molecule has 1 aliphatic rings. The minimum absolute atomic E-state index is 0.133. The van der Waals surface area contributed by atoms with Crippen molar-refractivity contribution in [3.05, 3.63) is 101 Å². The summed E-state index contributed by atoms with van der Waals surface area (Å²) in [5.41, 5.74) is 1.99. The van der Waals surface area contributed by atoms with Gasteiger partial charge in [-0.1, -0.05) is 41.9 Å². The topological polar surface area (TPSA) is 84.5 Å². The van der Waals surface area contributed by atoms with Crippen LogP contribution in [0.15, 0.2) is 78.9 Å². The van der Waals surface area contributed by atoms with Crippen molar-refractivity contribution in [3.8, 4) is 5.75 Å². The molecule has 6 nitrogen and oxygen atoms in total. The van der Waals surface area contributed by atoms with Gasteiger partial charge in [0.15, 0.2) is 12.4 Å². The Bertz CT molecular complexity index is 1140. The highest BCUT2D eigenvalue weighted by molar-refractivity contribution is 6.30. The Labute approximate surface area is 203 Å². The second-order valence-corrected chi connectivity index (χ2v) is 8.68. The molecule has 2 N–H and O–H groups in total. The van der Waals surface area contributed by atoms with E-state index in [2.05, 4.69) is 10.6 Å². The highest BCUT2D eigenvalue weighted by Crippen LogP contribution is 2.19. The van der Waals surface area contributed by atoms with E-state index in [0.717, 1.165) is 18.4 Å². The fourth-order valence-corrected chi connectivity index (χ4v) is 3.57. The van der Waals surface area contributed by atoms with Crippen LogP contribution in [0.25, 0.3) is 0 Å². The van der Waals surface area contributed by atoms with E-state index in [1.54, 1.807) is 48.5 Å². The molecule has 34 heavy (non-hydrogen) atoms. The number of hydrogen-bond donors (Lipinski definition) is 2. The summed E-state index contributed by atoms with van der Waals surface area (Å²) in [6.07, 6.45) is 2.33. The van der Waals surface area contributed by atoms with Gasteiger partial charge < -0.3 is 15.4 Å². The highest BCUT2D eigenvalue weighted by atomic mass is 35.5. The van der Waals surface area contributed by atoms with Gasteiger partial charge in [0.25, 0.3) is 5.91 Å². The third-order valence-corrected chi connectivity index (χ3v) is 5.70. The minimum Gasteiger partial charge on any atom is -0.484 e. The summed E-state index contributed by atoms with van der Waals surface area (Å²) >= 11 is 5.87. The van der Waals surface area contributed by atoms with E-state index in [1.807, 2.05) is 30.3 Å². The predicted molar refractivity (Wildman–Crippen MR) is 130 cm³/mol. The number of amides is 2. The number of carbonyl (C=O) groups excluding carboxylic acids is 3. The lowest BCUT2D eigenvalue weighted by atomic mass is 10.0. The molecule has 0 aromatic heterocycles. The maximum atomic E-state index is 12.6. The number of hydrogen-bond acceptors (Lipinski definition) is 4. The van der Waals surface area contributed by atoms with Gasteiger partial charge in [0, 0.05) is 28.6 Å². The van der Waals surface area contributed by atoms with Crippen molar-refractivity contribution in [3.63, 3.8) is 0 Å². The summed E-state index contributed by atoms with van der Waals surface area (Å²) in [4.78, 5) is 37.7. The van der Waals surface area contributed by atoms with Crippen LogP contribution in [-0.4, -0.2) is 36.3 Å². The van der Waals surface area contributed by atoms with Crippen LogP contribution in [0, 0.1) is 0 Å². The van der Waals surface area contributed by atoms with Crippen LogP contribution in [0.4, 0.5) is 0 Å². The van der Waals surface area contributed by atoms with Crippen LogP contribution in [0.1, 0.15) is 34.3 Å². The average Bonchev–Trinajstić information content (AvgIpc) is 3.67. The molecule has 174 valence electrons. The van der Waals surface area contributed by atoms with Crippen LogP contribution in [-0.2, 0) is 16.0 Å². The van der Waals surface area contributed by atoms with Gasteiger partial charge in [-0.15, -0.1) is 0 Å². The molecule has 7 heteroatoms. The Morgan fingerprint density at radius 1 is 0.882 bits per heavy atom. The largest absolute Gasteiger partial charge is 0.484 e. The number of halogens is 1. The van der Waals surface area contributed by atoms with E-state index in [9.17, 15) is 14.4 Å². The number of ketones is 1. The van der Waals surface area contributed by atoms with E-state index in [-0.39, 0.29) is 24.3 Å². The fraction of sp³-hybridized carbons (Fsp3) is 0.222. The molecule has 4 rings (SSSR count). The van der Waals surface area contributed by atoms with E-state index in [0.29, 0.717) is 28.3 Å². The number of benzene rings is 3. The predicted octanol–water partition coefficient (Wildman–Crippen LogP) is 3.96. The van der Waals surface area contributed by atoms with Gasteiger partial charge in [-0.2, -0.15) is 0 Å². The Balaban J connectivity index is 1.32. The zero-order valence-electron chi connectivity index (χ0n) is 18.5. The van der Waals surface area contributed by atoms with E-state index in [4.69, 9.17) is 16.3 Å². The van der Waals surface area contributed by atoms with E-state index in [1.165, 1.54) is 0 Å². The zero-order chi connectivity index (χ0) is 23.9. The van der Waals surface area contributed by atoms with Gasteiger partial charge in [-0.25, -0.2) is 0 Å². The molecule has 0 aliphatic heterocycles. The average molecular weight is 477 g/mol. The Morgan fingerprint density at radius 3 is 2.12 bits per heavy atom. The van der Waals surface area contributed by atoms with Crippen LogP contribution >= 0.6 is 11.6 Å². The van der Waals surface area contributed by atoms with Crippen molar-refractivity contribution >= 4 is 29.2 Å². The summed E-state index contributed by atoms with van der Waals surface area (Å²) < 4.78 is 5.58. The smallest absolute Gasteiger partial charge is 0.258 e. The molecule has 1 aliphatic carbocycles. The van der Waals surface area contributed by atoms with Crippen molar-refractivity contribution in [2.24, 2.45) is 0 Å². The van der Waals surface area contributed by atoms with Crippen LogP contribution in [0.5, 0.6) is 5.75 Å². The number of carbonyl (C=O) groups is 3. The lowest BCUT2D eigenvalue weighted by Gasteiger charge is -2.19. The number of ether oxygens (including phenoxy) is 1. The summed E-state index contributed by atoms with van der Waals surface area (Å²) in [7, 11) is 0. The number of rotatable bonds is 10. The molecule has 2 amide bonds. The van der Waals surface area contributed by atoms with Gasteiger partial charge in [0.1, 0.15) is 11.8 Å². The molecule has 1 unspecified atom stereocenters. The van der Waals surface area contributed by atoms with Crippen LogP contribution in [0.2, 0.25) is 5.02 Å². The van der Waals surface area contributed by atoms with Gasteiger partial charge in [-0.05, 0) is 66.9 Å². The normalized spacial score (nSPS) is 13.6. The van der Waals surface area contributed by atoms with Gasteiger partial charge in [0.2, 0.25) is 5.91 Å². The van der Waals surface area contributed by atoms with Crippen molar-refractivity contribution in [2.75, 3.05) is 6.61 Å². The molecule has 0 heterocycles. The molecule has 0 bridgehead atoms. The lowest BCUT2D eigenvalue weighted by Crippen LogP contribution is -2.49. The molecular weight excluding hydrogens is 452 g/mol. The van der Waals surface area contributed by atoms with Crippen LogP contribution < -0.4 is 15.4 Å². The first-order chi connectivity index (χ1) is 16.5. The molecule has 0 spiro atoms. The van der Waals surface area contributed by atoms with Crippen molar-refractivity contribution in [1.29, 1.82) is 0 Å². The molecule has 0 saturated heterocycles. The molecular formula is C27H25ClN2O4. The molecule has 0 radical (unpaired) electrons. The first-order valence-corrected chi connectivity index (χ1v) is 11.5. The van der Waals surface area contributed by atoms with E-state index >= 15 is 0 Å². The fourth-order valence-electron chi connectivity index (χ4n) is 3.44. The first kappa shape index (κ1) is 23.5. The Kier molecular flexibility index (Phi) is 7.60. The maximum Gasteiger partial charge on any atom is 0.258 e. The minimum atomic E-state index is -0.682. The Hall–Kier alpha value is -3.64. The molecule has 1 fully saturated rings. The summed E-state index contributed by atoms with van der Waals surface area (Å²) in [6.45, 7) is -0.244. The standard InChI is InChI=1S/C27H25ClN2O4/c28-21-10-6-19(7-11-21)26(32)20-8-14-23(15-9-20)34-17-25(31)30-24(27(33)29-22-12-13-22)16-18-4-2-1-3-5-18/h1-11,14-15,22,24H,12-13,16-17H2,(H,29,33)(H,30,31). The van der Waals surface area contributed by atoms with E-state index < -0.39 is 11.9 Å². The molecule has 1 saturated carbocycles. The van der Waals surface area contributed by atoms with Gasteiger partial charge in [0.05, 0.1) is 0 Å². The third-order valence-electron chi connectivity index (χ3n) is 5.45. The first-order valence-electron chi connectivity index (χ1n) is 11.1. The molecule has 1 atom stereocenters.